The van der Waals surface area contributed by atoms with Gasteiger partial charge in [0.05, 0.1) is 5.92 Å². The third-order valence-electron chi connectivity index (χ3n) is 3.27. The lowest BCUT2D eigenvalue weighted by Gasteiger charge is -2.17. The standard InChI is InChI=1S/C13H13Br2NO3/c14-8-4-7(5-9(15)6-8)12(17)16-11-3-1-2-10(11)13(18)19/h4-6,10-11H,1-3H2,(H,16,17)(H,18,19). The van der Waals surface area contributed by atoms with Crippen LogP contribution in [0, 0.1) is 5.92 Å². The highest BCUT2D eigenvalue weighted by molar-refractivity contribution is 9.11. The Morgan fingerprint density at radius 3 is 2.37 bits per heavy atom. The van der Waals surface area contributed by atoms with Crippen LogP contribution in [0.1, 0.15) is 29.6 Å². The van der Waals surface area contributed by atoms with Crippen LogP contribution in [-0.2, 0) is 4.79 Å². The minimum absolute atomic E-state index is 0.236. The van der Waals surface area contributed by atoms with E-state index in [4.69, 9.17) is 5.11 Å². The summed E-state index contributed by atoms with van der Waals surface area (Å²) in [6, 6.07) is 4.99. The van der Waals surface area contributed by atoms with Gasteiger partial charge in [0.2, 0.25) is 0 Å². The number of carbonyl (C=O) groups is 2. The first-order valence-corrected chi connectivity index (χ1v) is 7.56. The van der Waals surface area contributed by atoms with Crippen LogP contribution in [0.3, 0.4) is 0 Å². The number of nitrogens with one attached hydrogen (secondary N) is 1. The van der Waals surface area contributed by atoms with Crippen LogP contribution in [0.25, 0.3) is 0 Å². The maximum atomic E-state index is 12.1. The normalized spacial score (nSPS) is 22.2. The molecule has 0 spiro atoms. The molecule has 0 heterocycles. The lowest BCUT2D eigenvalue weighted by atomic mass is 10.0. The molecule has 0 aliphatic heterocycles. The number of hydrogen-bond donors (Lipinski definition) is 2. The Balaban J connectivity index is 2.10. The summed E-state index contributed by atoms with van der Waals surface area (Å²) >= 11 is 6.65. The second-order valence-electron chi connectivity index (χ2n) is 4.61. The minimum Gasteiger partial charge on any atom is -0.481 e. The van der Waals surface area contributed by atoms with E-state index in [9.17, 15) is 9.59 Å². The van der Waals surface area contributed by atoms with Gasteiger partial charge in [-0.05, 0) is 31.0 Å². The van der Waals surface area contributed by atoms with Gasteiger partial charge in [0.15, 0.2) is 0 Å². The van der Waals surface area contributed by atoms with Crippen LogP contribution in [-0.4, -0.2) is 23.0 Å². The number of rotatable bonds is 3. The van der Waals surface area contributed by atoms with Crippen molar-refractivity contribution in [3.63, 3.8) is 0 Å². The number of halogens is 2. The zero-order valence-electron chi connectivity index (χ0n) is 10.0. The van der Waals surface area contributed by atoms with Crippen molar-refractivity contribution < 1.29 is 14.7 Å². The molecule has 0 saturated heterocycles. The lowest BCUT2D eigenvalue weighted by molar-refractivity contribution is -0.142. The average Bonchev–Trinajstić information content (AvgIpc) is 2.75. The third-order valence-corrected chi connectivity index (χ3v) is 4.19. The molecule has 2 atom stereocenters. The molecule has 1 aliphatic carbocycles. The van der Waals surface area contributed by atoms with E-state index in [2.05, 4.69) is 37.2 Å². The summed E-state index contributed by atoms with van der Waals surface area (Å²) in [5, 5.41) is 11.9. The summed E-state index contributed by atoms with van der Waals surface area (Å²) in [6.07, 6.45) is 2.18. The number of carboxylic acid groups (broad SMARTS) is 1. The fraction of sp³-hybridized carbons (Fsp3) is 0.385. The summed E-state index contributed by atoms with van der Waals surface area (Å²) in [5.74, 6) is -1.54. The third kappa shape index (κ3) is 3.57. The summed E-state index contributed by atoms with van der Waals surface area (Å²) < 4.78 is 1.60. The first kappa shape index (κ1) is 14.5. The van der Waals surface area contributed by atoms with Crippen LogP contribution in [0.5, 0.6) is 0 Å². The Hall–Kier alpha value is -0.880. The molecule has 1 aromatic carbocycles. The molecule has 102 valence electrons. The zero-order chi connectivity index (χ0) is 14.0. The SMILES string of the molecule is O=C(NC1CCCC1C(=O)O)c1cc(Br)cc(Br)c1. The molecule has 0 aromatic heterocycles. The van der Waals surface area contributed by atoms with E-state index in [1.165, 1.54) is 0 Å². The highest BCUT2D eigenvalue weighted by Crippen LogP contribution is 2.26. The number of amides is 1. The molecule has 2 N–H and O–H groups in total. The molecule has 1 saturated carbocycles. The molecule has 1 fully saturated rings. The Labute approximate surface area is 127 Å². The average molecular weight is 391 g/mol. The molecule has 1 amide bonds. The Kier molecular flexibility index (Phi) is 4.62. The molecule has 19 heavy (non-hydrogen) atoms. The summed E-state index contributed by atoms with van der Waals surface area (Å²) in [7, 11) is 0. The molecule has 2 unspecified atom stereocenters. The predicted molar refractivity (Wildman–Crippen MR) is 78.1 cm³/mol. The van der Waals surface area contributed by atoms with E-state index in [-0.39, 0.29) is 11.9 Å². The van der Waals surface area contributed by atoms with Gasteiger partial charge in [-0.3, -0.25) is 9.59 Å². The van der Waals surface area contributed by atoms with Gasteiger partial charge >= 0.3 is 5.97 Å². The molecular weight excluding hydrogens is 378 g/mol. The van der Waals surface area contributed by atoms with Crippen molar-refractivity contribution in [2.24, 2.45) is 5.92 Å². The number of carboxylic acids is 1. The topological polar surface area (TPSA) is 66.4 Å². The molecule has 0 radical (unpaired) electrons. The lowest BCUT2D eigenvalue weighted by Crippen LogP contribution is -2.40. The Morgan fingerprint density at radius 2 is 1.79 bits per heavy atom. The molecule has 1 aromatic rings. The second-order valence-corrected chi connectivity index (χ2v) is 6.45. The monoisotopic (exact) mass is 389 g/mol. The minimum atomic E-state index is -0.835. The van der Waals surface area contributed by atoms with Crippen molar-refractivity contribution in [3.8, 4) is 0 Å². The summed E-state index contributed by atoms with van der Waals surface area (Å²) in [5.41, 5.74) is 0.511. The van der Waals surface area contributed by atoms with E-state index in [1.807, 2.05) is 6.07 Å². The highest BCUT2D eigenvalue weighted by Gasteiger charge is 2.34. The van der Waals surface area contributed by atoms with Gasteiger partial charge in [0.25, 0.3) is 5.91 Å². The smallest absolute Gasteiger partial charge is 0.308 e. The van der Waals surface area contributed by atoms with Crippen molar-refractivity contribution in [3.05, 3.63) is 32.7 Å². The quantitative estimate of drug-likeness (QED) is 0.832. The fourth-order valence-corrected chi connectivity index (χ4v) is 3.66. The van der Waals surface area contributed by atoms with Gasteiger partial charge in [0, 0.05) is 20.6 Å². The Morgan fingerprint density at radius 1 is 1.16 bits per heavy atom. The van der Waals surface area contributed by atoms with Gasteiger partial charge in [-0.15, -0.1) is 0 Å². The predicted octanol–water partition coefficient (Wildman–Crippen LogP) is 3.19. The summed E-state index contributed by atoms with van der Waals surface area (Å²) in [4.78, 5) is 23.2. The van der Waals surface area contributed by atoms with Crippen LogP contribution >= 0.6 is 31.9 Å². The number of aliphatic carboxylic acids is 1. The van der Waals surface area contributed by atoms with Crippen LogP contribution in [0.15, 0.2) is 27.1 Å². The summed E-state index contributed by atoms with van der Waals surface area (Å²) in [6.45, 7) is 0. The maximum Gasteiger partial charge on any atom is 0.308 e. The fourth-order valence-electron chi connectivity index (χ4n) is 2.37. The van der Waals surface area contributed by atoms with E-state index in [1.54, 1.807) is 12.1 Å². The largest absolute Gasteiger partial charge is 0.481 e. The molecule has 2 rings (SSSR count). The van der Waals surface area contributed by atoms with E-state index in [0.29, 0.717) is 12.0 Å². The van der Waals surface area contributed by atoms with Crippen molar-refractivity contribution in [1.82, 2.24) is 5.32 Å². The van der Waals surface area contributed by atoms with Gasteiger partial charge in [-0.25, -0.2) is 0 Å². The zero-order valence-corrected chi connectivity index (χ0v) is 13.2. The van der Waals surface area contributed by atoms with Crippen molar-refractivity contribution in [2.45, 2.75) is 25.3 Å². The van der Waals surface area contributed by atoms with Crippen LogP contribution < -0.4 is 5.32 Å². The van der Waals surface area contributed by atoms with E-state index in [0.717, 1.165) is 21.8 Å². The van der Waals surface area contributed by atoms with Crippen LogP contribution in [0.2, 0.25) is 0 Å². The molecule has 4 nitrogen and oxygen atoms in total. The molecule has 0 bridgehead atoms. The van der Waals surface area contributed by atoms with Gasteiger partial charge in [-0.1, -0.05) is 38.3 Å². The first-order chi connectivity index (χ1) is 8.97. The maximum absolute atomic E-state index is 12.1. The first-order valence-electron chi connectivity index (χ1n) is 5.97. The Bertz CT molecular complexity index is 498. The van der Waals surface area contributed by atoms with Gasteiger partial charge in [0.1, 0.15) is 0 Å². The molecular formula is C13H13Br2NO3. The molecule has 6 heteroatoms. The highest BCUT2D eigenvalue weighted by atomic mass is 79.9. The molecule has 1 aliphatic rings. The van der Waals surface area contributed by atoms with Gasteiger partial charge in [-0.2, -0.15) is 0 Å². The van der Waals surface area contributed by atoms with E-state index < -0.39 is 11.9 Å². The van der Waals surface area contributed by atoms with Gasteiger partial charge < -0.3 is 10.4 Å². The van der Waals surface area contributed by atoms with E-state index >= 15 is 0 Å². The number of carbonyl (C=O) groups excluding carboxylic acids is 1. The number of benzene rings is 1. The van der Waals surface area contributed by atoms with Crippen molar-refractivity contribution in [1.29, 1.82) is 0 Å². The number of hydrogen-bond acceptors (Lipinski definition) is 2. The van der Waals surface area contributed by atoms with Crippen molar-refractivity contribution in [2.75, 3.05) is 0 Å². The van der Waals surface area contributed by atoms with Crippen LogP contribution in [0.4, 0.5) is 0 Å². The van der Waals surface area contributed by atoms with Crippen molar-refractivity contribution >= 4 is 43.7 Å². The second kappa shape index (κ2) is 6.05.